The quantitative estimate of drug-likeness (QED) is 0.537. The van der Waals surface area contributed by atoms with Crippen LogP contribution in [0.2, 0.25) is 0 Å². The predicted octanol–water partition coefficient (Wildman–Crippen LogP) is 3.95. The Labute approximate surface area is 71.0 Å². The van der Waals surface area contributed by atoms with Crippen LogP contribution < -0.4 is 0 Å². The second kappa shape index (κ2) is 4.38. The highest BCUT2D eigenvalue weighted by Gasteiger charge is 2.05. The van der Waals surface area contributed by atoms with Crippen LogP contribution >= 0.6 is 0 Å². The molecule has 1 atom stereocenters. The standard InChI is InChI=1S/C11H20/c1-7-9(4)11(6)10(5)8(2)3/h10H,2,7H2,1,3-6H3/b11-9-. The Bertz CT molecular complexity index is 172. The minimum absolute atomic E-state index is 0.551. The summed E-state index contributed by atoms with van der Waals surface area (Å²) in [5.41, 5.74) is 4.25. The molecule has 0 aromatic heterocycles. The van der Waals surface area contributed by atoms with Gasteiger partial charge in [0.05, 0.1) is 0 Å². The Morgan fingerprint density at radius 1 is 1.27 bits per heavy atom. The van der Waals surface area contributed by atoms with Crippen molar-refractivity contribution >= 4 is 0 Å². The maximum absolute atomic E-state index is 3.96. The fraction of sp³-hybridized carbons (Fsp3) is 0.636. The van der Waals surface area contributed by atoms with Crippen LogP contribution in [-0.4, -0.2) is 0 Å². The molecule has 0 spiro atoms. The van der Waals surface area contributed by atoms with Gasteiger partial charge in [-0.2, -0.15) is 0 Å². The summed E-state index contributed by atoms with van der Waals surface area (Å²) in [6, 6.07) is 0. The molecule has 0 saturated heterocycles. The molecule has 0 aliphatic carbocycles. The van der Waals surface area contributed by atoms with Crippen LogP contribution in [-0.2, 0) is 0 Å². The zero-order valence-corrected chi connectivity index (χ0v) is 8.49. The molecule has 0 nitrogen and oxygen atoms in total. The van der Waals surface area contributed by atoms with Crippen molar-refractivity contribution in [2.24, 2.45) is 5.92 Å². The average Bonchev–Trinajstić information content (AvgIpc) is 2.00. The molecule has 0 radical (unpaired) electrons. The molecule has 0 rings (SSSR count). The van der Waals surface area contributed by atoms with Crippen LogP contribution in [0.5, 0.6) is 0 Å². The average molecular weight is 152 g/mol. The van der Waals surface area contributed by atoms with E-state index in [9.17, 15) is 0 Å². The molecule has 0 aromatic carbocycles. The first-order valence-corrected chi connectivity index (χ1v) is 4.32. The number of allylic oxidation sites excluding steroid dienone is 3. The topological polar surface area (TPSA) is 0 Å². The Hall–Kier alpha value is -0.520. The lowest BCUT2D eigenvalue weighted by atomic mass is 9.92. The van der Waals surface area contributed by atoms with Crippen LogP contribution in [0.4, 0.5) is 0 Å². The third-order valence-corrected chi connectivity index (χ3v) is 2.59. The van der Waals surface area contributed by atoms with Crippen molar-refractivity contribution in [2.45, 2.75) is 41.0 Å². The van der Waals surface area contributed by atoms with Crippen molar-refractivity contribution in [3.63, 3.8) is 0 Å². The first-order chi connectivity index (χ1) is 5.00. The van der Waals surface area contributed by atoms with Gasteiger partial charge in [-0.15, -0.1) is 0 Å². The minimum atomic E-state index is 0.551. The van der Waals surface area contributed by atoms with E-state index in [0.29, 0.717) is 5.92 Å². The molecule has 0 N–H and O–H groups in total. The van der Waals surface area contributed by atoms with Gasteiger partial charge in [0.15, 0.2) is 0 Å². The molecule has 0 amide bonds. The molecule has 64 valence electrons. The summed E-state index contributed by atoms with van der Waals surface area (Å²) in [5.74, 6) is 0.551. The molecular formula is C11H20. The Kier molecular flexibility index (Phi) is 4.17. The van der Waals surface area contributed by atoms with Gasteiger partial charge >= 0.3 is 0 Å². The van der Waals surface area contributed by atoms with Crippen molar-refractivity contribution < 1.29 is 0 Å². The smallest absolute Gasteiger partial charge is 0.00271 e. The molecule has 0 fully saturated rings. The lowest BCUT2D eigenvalue weighted by Crippen LogP contribution is -1.99. The first kappa shape index (κ1) is 10.5. The van der Waals surface area contributed by atoms with Gasteiger partial charge in [0, 0.05) is 0 Å². The van der Waals surface area contributed by atoms with Gasteiger partial charge in [-0.05, 0) is 33.1 Å². The molecule has 0 heterocycles. The fourth-order valence-electron chi connectivity index (χ4n) is 1.02. The summed E-state index contributed by atoms with van der Waals surface area (Å²) >= 11 is 0. The Balaban J connectivity index is 4.46. The van der Waals surface area contributed by atoms with Gasteiger partial charge in [0.25, 0.3) is 0 Å². The van der Waals surface area contributed by atoms with Crippen molar-refractivity contribution in [1.29, 1.82) is 0 Å². The summed E-state index contributed by atoms with van der Waals surface area (Å²) in [5, 5.41) is 0. The third kappa shape index (κ3) is 2.92. The predicted molar refractivity (Wildman–Crippen MR) is 52.6 cm³/mol. The highest BCUT2D eigenvalue weighted by molar-refractivity contribution is 5.19. The SMILES string of the molecule is C=C(C)C(C)/C(C)=C(/C)CC. The summed E-state index contributed by atoms with van der Waals surface area (Å²) in [6.07, 6.45) is 1.16. The van der Waals surface area contributed by atoms with E-state index < -0.39 is 0 Å². The van der Waals surface area contributed by atoms with Crippen molar-refractivity contribution in [3.05, 3.63) is 23.3 Å². The maximum Gasteiger partial charge on any atom is -0.00271 e. The lowest BCUT2D eigenvalue weighted by Gasteiger charge is -2.14. The Morgan fingerprint density at radius 3 is 2.00 bits per heavy atom. The second-order valence-corrected chi connectivity index (χ2v) is 3.38. The molecular weight excluding hydrogens is 132 g/mol. The van der Waals surface area contributed by atoms with Crippen LogP contribution in [0, 0.1) is 5.92 Å². The molecule has 0 bridgehead atoms. The van der Waals surface area contributed by atoms with E-state index in [0.717, 1.165) is 6.42 Å². The van der Waals surface area contributed by atoms with Crippen molar-refractivity contribution in [3.8, 4) is 0 Å². The van der Waals surface area contributed by atoms with E-state index >= 15 is 0 Å². The molecule has 0 aromatic rings. The minimum Gasteiger partial charge on any atom is -0.0995 e. The molecule has 0 saturated carbocycles. The van der Waals surface area contributed by atoms with E-state index in [1.165, 1.54) is 16.7 Å². The normalized spacial score (nSPS) is 15.7. The summed E-state index contributed by atoms with van der Waals surface area (Å²) in [4.78, 5) is 0. The molecule has 0 aliphatic rings. The van der Waals surface area contributed by atoms with Crippen LogP contribution in [0.25, 0.3) is 0 Å². The zero-order valence-electron chi connectivity index (χ0n) is 8.49. The van der Waals surface area contributed by atoms with Gasteiger partial charge in [0.1, 0.15) is 0 Å². The van der Waals surface area contributed by atoms with E-state index in [2.05, 4.69) is 41.2 Å². The van der Waals surface area contributed by atoms with Crippen LogP contribution in [0.15, 0.2) is 23.3 Å². The summed E-state index contributed by atoms with van der Waals surface area (Å²) in [6.45, 7) is 14.9. The highest BCUT2D eigenvalue weighted by Crippen LogP contribution is 2.21. The van der Waals surface area contributed by atoms with E-state index in [-0.39, 0.29) is 0 Å². The van der Waals surface area contributed by atoms with Crippen LogP contribution in [0.3, 0.4) is 0 Å². The Morgan fingerprint density at radius 2 is 1.73 bits per heavy atom. The third-order valence-electron chi connectivity index (χ3n) is 2.59. The number of hydrogen-bond acceptors (Lipinski definition) is 0. The van der Waals surface area contributed by atoms with Gasteiger partial charge in [-0.25, -0.2) is 0 Å². The van der Waals surface area contributed by atoms with E-state index in [1.54, 1.807) is 0 Å². The van der Waals surface area contributed by atoms with E-state index in [1.807, 2.05) is 0 Å². The molecule has 0 aliphatic heterocycles. The molecule has 1 unspecified atom stereocenters. The number of hydrogen-bond donors (Lipinski definition) is 0. The van der Waals surface area contributed by atoms with E-state index in [4.69, 9.17) is 0 Å². The largest absolute Gasteiger partial charge is 0.0995 e. The monoisotopic (exact) mass is 152 g/mol. The van der Waals surface area contributed by atoms with Crippen molar-refractivity contribution in [2.75, 3.05) is 0 Å². The van der Waals surface area contributed by atoms with Gasteiger partial charge in [-0.3, -0.25) is 0 Å². The molecule has 0 heteroatoms. The first-order valence-electron chi connectivity index (χ1n) is 4.32. The van der Waals surface area contributed by atoms with Gasteiger partial charge < -0.3 is 0 Å². The fourth-order valence-corrected chi connectivity index (χ4v) is 1.02. The summed E-state index contributed by atoms with van der Waals surface area (Å²) < 4.78 is 0. The maximum atomic E-state index is 3.96. The zero-order chi connectivity index (χ0) is 9.02. The molecule has 11 heavy (non-hydrogen) atoms. The van der Waals surface area contributed by atoms with Crippen LogP contribution in [0.1, 0.15) is 41.0 Å². The summed E-state index contributed by atoms with van der Waals surface area (Å²) in [7, 11) is 0. The lowest BCUT2D eigenvalue weighted by molar-refractivity contribution is 0.780. The van der Waals surface area contributed by atoms with Gasteiger partial charge in [0.2, 0.25) is 0 Å². The second-order valence-electron chi connectivity index (χ2n) is 3.38. The number of rotatable bonds is 3. The highest BCUT2D eigenvalue weighted by atomic mass is 14.1. The van der Waals surface area contributed by atoms with Gasteiger partial charge in [-0.1, -0.05) is 37.1 Å². The van der Waals surface area contributed by atoms with Crippen molar-refractivity contribution in [1.82, 2.24) is 0 Å².